The molecule has 0 aromatic carbocycles. The molecule has 0 unspecified atom stereocenters. The number of carbonyl (C=O) groups is 1. The van der Waals surface area contributed by atoms with Crippen LogP contribution in [0.1, 0.15) is 20.8 Å². The van der Waals surface area contributed by atoms with E-state index in [1.54, 1.807) is 6.92 Å². The number of hydrogen-bond donors (Lipinski definition) is 1. The highest BCUT2D eigenvalue weighted by molar-refractivity contribution is 7.75. The SMILES string of the molecule is CC(C)=C(C)C(=O)OS. The molecule has 0 saturated heterocycles. The Kier molecular flexibility index (Phi) is 3.39. The first-order valence-corrected chi connectivity index (χ1v) is 2.96. The van der Waals surface area contributed by atoms with Crippen molar-refractivity contribution in [1.29, 1.82) is 0 Å². The second kappa shape index (κ2) is 3.56. The van der Waals surface area contributed by atoms with Crippen molar-refractivity contribution in [1.82, 2.24) is 0 Å². The van der Waals surface area contributed by atoms with E-state index in [1.165, 1.54) is 0 Å². The molecular formula is C6H10O2S. The molecule has 0 aromatic rings. The maximum atomic E-state index is 10.6. The standard InChI is InChI=1S/C6H10O2S/c1-4(2)5(3)6(7)8-9/h9H,1-3H3. The van der Waals surface area contributed by atoms with Gasteiger partial charge in [0.2, 0.25) is 0 Å². The second-order valence-electron chi connectivity index (χ2n) is 2.00. The molecule has 0 aliphatic heterocycles. The number of rotatable bonds is 1. The molecule has 0 fully saturated rings. The normalized spacial score (nSPS) is 8.44. The van der Waals surface area contributed by atoms with Crippen LogP contribution in [0.3, 0.4) is 0 Å². The van der Waals surface area contributed by atoms with Crippen LogP contribution >= 0.6 is 12.9 Å². The summed E-state index contributed by atoms with van der Waals surface area (Å²) in [6.07, 6.45) is 0. The van der Waals surface area contributed by atoms with Crippen LogP contribution in [0.15, 0.2) is 11.1 Å². The monoisotopic (exact) mass is 146 g/mol. The molecule has 0 saturated carbocycles. The van der Waals surface area contributed by atoms with Gasteiger partial charge < -0.3 is 4.18 Å². The molecule has 0 rings (SSSR count). The molecule has 0 aromatic heterocycles. The van der Waals surface area contributed by atoms with Gasteiger partial charge in [0.1, 0.15) is 0 Å². The predicted octanol–water partition coefficient (Wildman–Crippen LogP) is 1.73. The third kappa shape index (κ3) is 2.56. The van der Waals surface area contributed by atoms with E-state index < -0.39 is 0 Å². The van der Waals surface area contributed by atoms with Gasteiger partial charge in [-0.1, -0.05) is 5.57 Å². The molecule has 0 aliphatic rings. The van der Waals surface area contributed by atoms with Crippen LogP contribution in [0.2, 0.25) is 0 Å². The van der Waals surface area contributed by atoms with Crippen LogP contribution in [0.25, 0.3) is 0 Å². The van der Waals surface area contributed by atoms with Crippen molar-refractivity contribution >= 4 is 18.9 Å². The molecular weight excluding hydrogens is 136 g/mol. The molecule has 2 nitrogen and oxygen atoms in total. The van der Waals surface area contributed by atoms with Gasteiger partial charge in [-0.2, -0.15) is 0 Å². The maximum absolute atomic E-state index is 10.6. The summed E-state index contributed by atoms with van der Waals surface area (Å²) in [5, 5.41) is 0. The zero-order valence-corrected chi connectivity index (χ0v) is 6.66. The van der Waals surface area contributed by atoms with Crippen molar-refractivity contribution in [2.75, 3.05) is 0 Å². The average Bonchev–Trinajstić information content (AvgIpc) is 1.84. The van der Waals surface area contributed by atoms with Crippen LogP contribution in [-0.4, -0.2) is 5.97 Å². The van der Waals surface area contributed by atoms with E-state index in [0.717, 1.165) is 5.57 Å². The van der Waals surface area contributed by atoms with Gasteiger partial charge in [-0.25, -0.2) is 4.79 Å². The molecule has 0 aliphatic carbocycles. The Hall–Kier alpha value is -0.440. The molecule has 0 N–H and O–H groups in total. The molecule has 3 heteroatoms. The summed E-state index contributed by atoms with van der Waals surface area (Å²) >= 11 is 3.37. The Morgan fingerprint density at radius 2 is 1.78 bits per heavy atom. The zero-order chi connectivity index (χ0) is 7.44. The highest BCUT2D eigenvalue weighted by atomic mass is 32.1. The van der Waals surface area contributed by atoms with Gasteiger partial charge in [-0.3, -0.25) is 0 Å². The van der Waals surface area contributed by atoms with E-state index in [1.807, 2.05) is 13.8 Å². The number of carbonyl (C=O) groups excluding carboxylic acids is 1. The Morgan fingerprint density at radius 1 is 1.33 bits per heavy atom. The van der Waals surface area contributed by atoms with Crippen molar-refractivity contribution < 1.29 is 8.98 Å². The van der Waals surface area contributed by atoms with Crippen molar-refractivity contribution in [3.8, 4) is 0 Å². The minimum absolute atomic E-state index is 0.377. The average molecular weight is 146 g/mol. The van der Waals surface area contributed by atoms with Gasteiger partial charge in [0.05, 0.1) is 0 Å². The first-order chi connectivity index (χ1) is 4.09. The Labute approximate surface area is 60.5 Å². The fraction of sp³-hybridized carbons (Fsp3) is 0.500. The summed E-state index contributed by atoms with van der Waals surface area (Å²) in [5.41, 5.74) is 1.57. The van der Waals surface area contributed by atoms with E-state index >= 15 is 0 Å². The Balaban J connectivity index is 4.21. The number of thiol groups is 1. The molecule has 0 bridgehead atoms. The van der Waals surface area contributed by atoms with Crippen molar-refractivity contribution in [2.24, 2.45) is 0 Å². The van der Waals surface area contributed by atoms with Crippen molar-refractivity contribution in [3.05, 3.63) is 11.1 Å². The summed E-state index contributed by atoms with van der Waals surface area (Å²) in [7, 11) is 0. The molecule has 0 atom stereocenters. The highest BCUT2D eigenvalue weighted by Crippen LogP contribution is 2.04. The van der Waals surface area contributed by atoms with Crippen LogP contribution < -0.4 is 0 Å². The molecule has 0 spiro atoms. The quantitative estimate of drug-likeness (QED) is 0.346. The van der Waals surface area contributed by atoms with E-state index in [9.17, 15) is 4.79 Å². The van der Waals surface area contributed by atoms with E-state index in [0.29, 0.717) is 5.57 Å². The Morgan fingerprint density at radius 3 is 1.89 bits per heavy atom. The second-order valence-corrected chi connectivity index (χ2v) is 2.19. The molecule has 52 valence electrons. The fourth-order valence-corrected chi connectivity index (χ4v) is 0.410. The van der Waals surface area contributed by atoms with Crippen molar-refractivity contribution in [2.45, 2.75) is 20.8 Å². The minimum Gasteiger partial charge on any atom is -0.391 e. The van der Waals surface area contributed by atoms with Crippen molar-refractivity contribution in [3.63, 3.8) is 0 Å². The van der Waals surface area contributed by atoms with Gasteiger partial charge in [0, 0.05) is 18.5 Å². The summed E-state index contributed by atoms with van der Waals surface area (Å²) in [5.74, 6) is -0.377. The fourth-order valence-electron chi connectivity index (χ4n) is 0.273. The first kappa shape index (κ1) is 8.56. The summed E-state index contributed by atoms with van der Waals surface area (Å²) < 4.78 is 4.17. The Bertz CT molecular complexity index is 145. The third-order valence-electron chi connectivity index (χ3n) is 1.14. The van der Waals surface area contributed by atoms with Crippen LogP contribution in [0.5, 0.6) is 0 Å². The zero-order valence-electron chi connectivity index (χ0n) is 5.76. The van der Waals surface area contributed by atoms with Crippen LogP contribution in [0, 0.1) is 0 Å². The molecule has 9 heavy (non-hydrogen) atoms. The van der Waals surface area contributed by atoms with Crippen LogP contribution in [0.4, 0.5) is 0 Å². The van der Waals surface area contributed by atoms with E-state index in [2.05, 4.69) is 17.1 Å². The topological polar surface area (TPSA) is 26.3 Å². The number of allylic oxidation sites excluding steroid dienone is 1. The lowest BCUT2D eigenvalue weighted by Gasteiger charge is -1.97. The first-order valence-electron chi connectivity index (χ1n) is 2.59. The summed E-state index contributed by atoms with van der Waals surface area (Å²) in [6, 6.07) is 0. The predicted molar refractivity (Wildman–Crippen MR) is 39.1 cm³/mol. The lowest BCUT2D eigenvalue weighted by Crippen LogP contribution is -1.99. The van der Waals surface area contributed by atoms with Gasteiger partial charge in [0.25, 0.3) is 0 Å². The van der Waals surface area contributed by atoms with E-state index in [4.69, 9.17) is 0 Å². The number of hydrogen-bond acceptors (Lipinski definition) is 3. The lowest BCUT2D eigenvalue weighted by atomic mass is 10.2. The molecule has 0 heterocycles. The molecule has 0 radical (unpaired) electrons. The van der Waals surface area contributed by atoms with E-state index in [-0.39, 0.29) is 5.97 Å². The minimum atomic E-state index is -0.377. The van der Waals surface area contributed by atoms with Gasteiger partial charge >= 0.3 is 5.97 Å². The highest BCUT2D eigenvalue weighted by Gasteiger charge is 2.03. The van der Waals surface area contributed by atoms with Gasteiger partial charge in [-0.05, 0) is 20.8 Å². The smallest absolute Gasteiger partial charge is 0.345 e. The third-order valence-corrected chi connectivity index (χ3v) is 1.30. The lowest BCUT2D eigenvalue weighted by molar-refractivity contribution is -0.128. The summed E-state index contributed by atoms with van der Waals surface area (Å²) in [4.78, 5) is 10.6. The van der Waals surface area contributed by atoms with Crippen LogP contribution in [-0.2, 0) is 8.98 Å². The molecule has 0 amide bonds. The maximum Gasteiger partial charge on any atom is 0.345 e. The van der Waals surface area contributed by atoms with Gasteiger partial charge in [0.15, 0.2) is 0 Å². The largest absolute Gasteiger partial charge is 0.391 e. The van der Waals surface area contributed by atoms with Gasteiger partial charge in [-0.15, -0.1) is 0 Å². The summed E-state index contributed by atoms with van der Waals surface area (Å²) in [6.45, 7) is 5.40.